The Hall–Kier alpha value is 1.11. The summed E-state index contributed by atoms with van der Waals surface area (Å²) in [6.45, 7) is 0. The molecule has 0 fully saturated rings. The molecule has 0 spiro atoms. The van der Waals surface area contributed by atoms with Crippen molar-refractivity contribution >= 4 is 46.8 Å². The molecule has 0 N–H and O–H groups in total. The standard InChI is InChI=1S/C2H2ClIS/c3-2(5)1-4/h1,5H/b2-1-. The highest BCUT2D eigenvalue weighted by Crippen LogP contribution is 2.06. The lowest BCUT2D eigenvalue weighted by Gasteiger charge is -1.67. The molecule has 3 heteroatoms. The van der Waals surface area contributed by atoms with E-state index in [2.05, 4.69) is 12.6 Å². The Bertz CT molecular complexity index is 47.6. The van der Waals surface area contributed by atoms with Crippen molar-refractivity contribution in [3.63, 3.8) is 0 Å². The Labute approximate surface area is 55.1 Å². The van der Waals surface area contributed by atoms with Crippen LogP contribution >= 0.6 is 46.8 Å². The second-order valence-corrected chi connectivity index (χ2v) is 2.21. The van der Waals surface area contributed by atoms with Gasteiger partial charge in [-0.25, -0.2) is 0 Å². The molecule has 0 aromatic carbocycles. The number of hydrogen-bond donors (Lipinski definition) is 1. The molecule has 0 unspecified atom stereocenters. The third kappa shape index (κ3) is 5.11. The average molecular weight is 220 g/mol. The molecule has 0 saturated heterocycles. The van der Waals surface area contributed by atoms with Gasteiger partial charge in [-0.1, -0.05) is 34.2 Å². The van der Waals surface area contributed by atoms with Gasteiger partial charge in [0.25, 0.3) is 0 Å². The molecule has 0 bridgehead atoms. The van der Waals surface area contributed by atoms with Crippen molar-refractivity contribution in [3.8, 4) is 0 Å². The minimum atomic E-state index is 0.533. The molecule has 0 atom stereocenters. The van der Waals surface area contributed by atoms with Crippen LogP contribution in [0.5, 0.6) is 0 Å². The monoisotopic (exact) mass is 220 g/mol. The van der Waals surface area contributed by atoms with Crippen LogP contribution in [-0.4, -0.2) is 0 Å². The molecule has 0 aliphatic heterocycles. The zero-order chi connectivity index (χ0) is 4.28. The van der Waals surface area contributed by atoms with Gasteiger partial charge < -0.3 is 0 Å². The normalized spacial score (nSPS) is 12.2. The topological polar surface area (TPSA) is 0 Å². The fraction of sp³-hybridized carbons (Fsp3) is 0. The summed E-state index contributed by atoms with van der Waals surface area (Å²) >= 11 is 10.9. The maximum Gasteiger partial charge on any atom is 0.0765 e. The van der Waals surface area contributed by atoms with Crippen molar-refractivity contribution in [2.24, 2.45) is 0 Å². The minimum Gasteiger partial charge on any atom is -0.131 e. The second-order valence-electron chi connectivity index (χ2n) is 0.432. The van der Waals surface area contributed by atoms with E-state index in [0.717, 1.165) is 0 Å². The van der Waals surface area contributed by atoms with E-state index < -0.39 is 0 Å². The molecule has 0 saturated carbocycles. The Morgan fingerprint density at radius 3 is 2.20 bits per heavy atom. The smallest absolute Gasteiger partial charge is 0.0765 e. The van der Waals surface area contributed by atoms with Gasteiger partial charge >= 0.3 is 0 Å². The van der Waals surface area contributed by atoms with Crippen molar-refractivity contribution in [2.75, 3.05) is 0 Å². The van der Waals surface area contributed by atoms with Gasteiger partial charge in [-0.15, -0.1) is 12.6 Å². The van der Waals surface area contributed by atoms with Gasteiger partial charge in [0.05, 0.1) is 4.36 Å². The Morgan fingerprint density at radius 1 is 2.00 bits per heavy atom. The summed E-state index contributed by atoms with van der Waals surface area (Å²) in [6.07, 6.45) is 0. The van der Waals surface area contributed by atoms with Crippen LogP contribution < -0.4 is 0 Å². The SMILES string of the molecule is S/C(Cl)=C\I. The lowest BCUT2D eigenvalue weighted by atomic mass is 11.3. The molecule has 0 radical (unpaired) electrons. The summed E-state index contributed by atoms with van der Waals surface area (Å²) in [5.41, 5.74) is 0. The Kier molecular flexibility index (Phi) is 4.04. The summed E-state index contributed by atoms with van der Waals surface area (Å²) in [4.78, 5) is 0. The minimum absolute atomic E-state index is 0.533. The first kappa shape index (κ1) is 6.11. The maximum atomic E-state index is 5.18. The molecular formula is C2H2ClIS. The Morgan fingerprint density at radius 2 is 2.20 bits per heavy atom. The largest absolute Gasteiger partial charge is 0.131 e. The molecule has 5 heavy (non-hydrogen) atoms. The third-order valence-electron chi connectivity index (χ3n) is 0.0900. The lowest BCUT2D eigenvalue weighted by Crippen LogP contribution is -1.33. The molecule has 0 aromatic rings. The zero-order valence-electron chi connectivity index (χ0n) is 2.28. The summed E-state index contributed by atoms with van der Waals surface area (Å²) in [5, 5.41) is 0. The van der Waals surface area contributed by atoms with E-state index in [0.29, 0.717) is 4.36 Å². The Balaban J connectivity index is 3.14. The summed E-state index contributed by atoms with van der Waals surface area (Å²) < 4.78 is 2.22. The van der Waals surface area contributed by atoms with E-state index in [-0.39, 0.29) is 0 Å². The maximum absolute atomic E-state index is 5.18. The van der Waals surface area contributed by atoms with E-state index in [4.69, 9.17) is 11.6 Å². The summed E-state index contributed by atoms with van der Waals surface area (Å²) in [5.74, 6) is 0. The third-order valence-corrected chi connectivity index (χ3v) is 1.81. The fourth-order valence-electron chi connectivity index (χ4n) is 0. The molecule has 0 aliphatic rings. The number of rotatable bonds is 0. The second kappa shape index (κ2) is 3.31. The number of thiol groups is 1. The molecule has 0 amide bonds. The highest BCUT2D eigenvalue weighted by atomic mass is 127. The van der Waals surface area contributed by atoms with Crippen LogP contribution in [0.1, 0.15) is 0 Å². The van der Waals surface area contributed by atoms with Gasteiger partial charge in [0.1, 0.15) is 0 Å². The van der Waals surface area contributed by atoms with Crippen LogP contribution in [0.4, 0.5) is 0 Å². The van der Waals surface area contributed by atoms with Gasteiger partial charge in [0.15, 0.2) is 0 Å². The molecule has 0 rings (SSSR count). The van der Waals surface area contributed by atoms with Gasteiger partial charge in [-0.05, 0) is 0 Å². The summed E-state index contributed by atoms with van der Waals surface area (Å²) in [7, 11) is 0. The van der Waals surface area contributed by atoms with Gasteiger partial charge in [0, 0.05) is 4.08 Å². The van der Waals surface area contributed by atoms with Crippen LogP contribution in [0.2, 0.25) is 0 Å². The zero-order valence-corrected chi connectivity index (χ0v) is 6.09. The first-order valence-electron chi connectivity index (χ1n) is 0.919. The predicted molar refractivity (Wildman–Crippen MR) is 36.9 cm³/mol. The van der Waals surface area contributed by atoms with Crippen molar-refractivity contribution in [3.05, 3.63) is 8.45 Å². The molecule has 0 aliphatic carbocycles. The van der Waals surface area contributed by atoms with Crippen LogP contribution in [-0.2, 0) is 0 Å². The van der Waals surface area contributed by atoms with Crippen LogP contribution in [0.3, 0.4) is 0 Å². The molecule has 0 nitrogen and oxygen atoms in total. The van der Waals surface area contributed by atoms with Crippen molar-refractivity contribution in [1.29, 1.82) is 0 Å². The first-order valence-corrected chi connectivity index (χ1v) is 2.99. The van der Waals surface area contributed by atoms with Crippen molar-refractivity contribution in [2.45, 2.75) is 0 Å². The van der Waals surface area contributed by atoms with Gasteiger partial charge in [-0.2, -0.15) is 0 Å². The van der Waals surface area contributed by atoms with Crippen LogP contribution in [0.25, 0.3) is 0 Å². The van der Waals surface area contributed by atoms with Crippen LogP contribution in [0.15, 0.2) is 8.45 Å². The quantitative estimate of drug-likeness (QED) is 0.470. The van der Waals surface area contributed by atoms with Crippen molar-refractivity contribution in [1.82, 2.24) is 0 Å². The van der Waals surface area contributed by atoms with Crippen LogP contribution in [0, 0.1) is 0 Å². The highest BCUT2D eigenvalue weighted by Gasteiger charge is 1.67. The van der Waals surface area contributed by atoms with Gasteiger partial charge in [0.2, 0.25) is 0 Å². The van der Waals surface area contributed by atoms with Gasteiger partial charge in [-0.3, -0.25) is 0 Å². The fourth-order valence-corrected chi connectivity index (χ4v) is 0. The first-order chi connectivity index (χ1) is 2.27. The lowest BCUT2D eigenvalue weighted by molar-refractivity contribution is 2.49. The molecule has 30 valence electrons. The molecule has 0 aromatic heterocycles. The predicted octanol–water partition coefficient (Wildman–Crippen LogP) is 2.39. The molecular weight excluding hydrogens is 218 g/mol. The average Bonchev–Trinajstić information content (AvgIpc) is 1.38. The highest BCUT2D eigenvalue weighted by molar-refractivity contribution is 14.1. The van der Waals surface area contributed by atoms with E-state index in [1.807, 2.05) is 22.6 Å². The van der Waals surface area contributed by atoms with E-state index in [1.54, 1.807) is 4.08 Å². The van der Waals surface area contributed by atoms with E-state index >= 15 is 0 Å². The summed E-state index contributed by atoms with van der Waals surface area (Å²) in [6, 6.07) is 0. The number of halogens is 2. The van der Waals surface area contributed by atoms with E-state index in [1.165, 1.54) is 0 Å². The van der Waals surface area contributed by atoms with E-state index in [9.17, 15) is 0 Å². The van der Waals surface area contributed by atoms with Crippen molar-refractivity contribution < 1.29 is 0 Å². The number of hydrogen-bond acceptors (Lipinski definition) is 1. The molecule has 0 heterocycles.